The van der Waals surface area contributed by atoms with Crippen molar-refractivity contribution in [2.24, 2.45) is 5.73 Å². The summed E-state index contributed by atoms with van der Waals surface area (Å²) in [7, 11) is 0. The molecule has 1 unspecified atom stereocenters. The zero-order valence-electron chi connectivity index (χ0n) is 8.75. The van der Waals surface area contributed by atoms with Gasteiger partial charge in [-0.05, 0) is 19.4 Å². The lowest BCUT2D eigenvalue weighted by Gasteiger charge is -2.07. The minimum absolute atomic E-state index is 0.0859. The average Bonchev–Trinajstić information content (AvgIpc) is 2.60. The Morgan fingerprint density at radius 2 is 2.36 bits per heavy atom. The normalized spacial score (nSPS) is 12.8. The van der Waals surface area contributed by atoms with E-state index in [-0.39, 0.29) is 11.8 Å². The van der Waals surface area contributed by atoms with Crippen molar-refractivity contribution in [1.29, 1.82) is 0 Å². The zero-order valence-corrected chi connectivity index (χ0v) is 9.56. The number of carbonyl (C=O) groups excluding carboxylic acids is 1. The number of hydrogen-bond donors (Lipinski definition) is 1. The second-order valence-electron chi connectivity index (χ2n) is 3.56. The molecule has 1 atom stereocenters. The molecule has 0 spiro atoms. The Bertz CT molecular complexity index is 306. The SMILES string of the molecule is CCCCC(N)C(=O)c1csc(C)c1. The lowest BCUT2D eigenvalue weighted by atomic mass is 10.0. The third-order valence-corrected chi connectivity index (χ3v) is 3.08. The van der Waals surface area contributed by atoms with Gasteiger partial charge in [-0.3, -0.25) is 4.79 Å². The van der Waals surface area contributed by atoms with Crippen molar-refractivity contribution in [2.45, 2.75) is 39.2 Å². The number of hydrogen-bond acceptors (Lipinski definition) is 3. The number of ketones is 1. The molecule has 0 aromatic carbocycles. The lowest BCUT2D eigenvalue weighted by molar-refractivity contribution is 0.0956. The first kappa shape index (κ1) is 11.4. The highest BCUT2D eigenvalue weighted by atomic mass is 32.1. The topological polar surface area (TPSA) is 43.1 Å². The van der Waals surface area contributed by atoms with Crippen molar-refractivity contribution in [3.63, 3.8) is 0 Å². The Balaban J connectivity index is 2.56. The molecule has 78 valence electrons. The average molecular weight is 211 g/mol. The van der Waals surface area contributed by atoms with Gasteiger partial charge in [-0.15, -0.1) is 11.3 Å². The highest BCUT2D eigenvalue weighted by molar-refractivity contribution is 7.10. The number of thiophene rings is 1. The van der Waals surface area contributed by atoms with E-state index in [9.17, 15) is 4.79 Å². The van der Waals surface area contributed by atoms with E-state index < -0.39 is 0 Å². The molecule has 2 nitrogen and oxygen atoms in total. The van der Waals surface area contributed by atoms with Crippen LogP contribution in [-0.4, -0.2) is 11.8 Å². The summed E-state index contributed by atoms with van der Waals surface area (Å²) < 4.78 is 0. The van der Waals surface area contributed by atoms with Gasteiger partial charge < -0.3 is 5.73 Å². The Labute approximate surface area is 89.1 Å². The maximum Gasteiger partial charge on any atom is 0.180 e. The van der Waals surface area contributed by atoms with Crippen LogP contribution in [0.5, 0.6) is 0 Å². The molecule has 1 rings (SSSR count). The van der Waals surface area contributed by atoms with Crippen LogP contribution in [0.15, 0.2) is 11.4 Å². The van der Waals surface area contributed by atoms with Gasteiger partial charge in [0, 0.05) is 15.8 Å². The van der Waals surface area contributed by atoms with Crippen molar-refractivity contribution < 1.29 is 4.79 Å². The quantitative estimate of drug-likeness (QED) is 0.761. The molecule has 2 N–H and O–H groups in total. The van der Waals surface area contributed by atoms with E-state index in [1.54, 1.807) is 11.3 Å². The first-order chi connectivity index (χ1) is 6.65. The fourth-order valence-corrected chi connectivity index (χ4v) is 2.03. The van der Waals surface area contributed by atoms with Crippen LogP contribution in [-0.2, 0) is 0 Å². The zero-order chi connectivity index (χ0) is 10.6. The van der Waals surface area contributed by atoms with E-state index in [0.29, 0.717) is 0 Å². The monoisotopic (exact) mass is 211 g/mol. The summed E-state index contributed by atoms with van der Waals surface area (Å²) >= 11 is 1.60. The Morgan fingerprint density at radius 1 is 1.64 bits per heavy atom. The number of Topliss-reactive ketones (excluding diaryl/α,β-unsaturated/α-hetero) is 1. The molecule has 0 aliphatic heterocycles. The Kier molecular flexibility index (Phi) is 4.29. The van der Waals surface area contributed by atoms with Gasteiger partial charge >= 0.3 is 0 Å². The standard InChI is InChI=1S/C11H17NOS/c1-3-4-5-10(12)11(13)9-6-8(2)14-7-9/h6-7,10H,3-5,12H2,1-2H3. The molecular formula is C11H17NOS. The summed E-state index contributed by atoms with van der Waals surface area (Å²) in [5.41, 5.74) is 6.57. The molecule has 1 heterocycles. The summed E-state index contributed by atoms with van der Waals surface area (Å²) in [6, 6.07) is 1.60. The first-order valence-electron chi connectivity index (χ1n) is 5.00. The predicted molar refractivity (Wildman–Crippen MR) is 60.9 cm³/mol. The summed E-state index contributed by atoms with van der Waals surface area (Å²) in [6.45, 7) is 4.10. The molecule has 0 aliphatic rings. The molecule has 0 amide bonds. The van der Waals surface area contributed by atoms with Gasteiger partial charge in [0.05, 0.1) is 6.04 Å². The van der Waals surface area contributed by atoms with Gasteiger partial charge in [-0.2, -0.15) is 0 Å². The van der Waals surface area contributed by atoms with Gasteiger partial charge in [-0.25, -0.2) is 0 Å². The largest absolute Gasteiger partial charge is 0.321 e. The van der Waals surface area contributed by atoms with Crippen LogP contribution in [0.3, 0.4) is 0 Å². The fraction of sp³-hybridized carbons (Fsp3) is 0.545. The molecule has 1 aromatic heterocycles. The van der Waals surface area contributed by atoms with Crippen molar-refractivity contribution in [3.8, 4) is 0 Å². The van der Waals surface area contributed by atoms with Crippen molar-refractivity contribution in [2.75, 3.05) is 0 Å². The van der Waals surface area contributed by atoms with E-state index in [1.165, 1.54) is 0 Å². The molecule has 1 aromatic rings. The minimum Gasteiger partial charge on any atom is -0.321 e. The highest BCUT2D eigenvalue weighted by Gasteiger charge is 2.15. The van der Waals surface area contributed by atoms with Crippen molar-refractivity contribution >= 4 is 17.1 Å². The van der Waals surface area contributed by atoms with E-state index in [1.807, 2.05) is 18.4 Å². The van der Waals surface area contributed by atoms with Crippen LogP contribution >= 0.6 is 11.3 Å². The van der Waals surface area contributed by atoms with Crippen LogP contribution in [0.2, 0.25) is 0 Å². The number of unbranched alkanes of at least 4 members (excludes halogenated alkanes) is 1. The molecule has 3 heteroatoms. The third kappa shape index (κ3) is 2.93. The van der Waals surface area contributed by atoms with Crippen LogP contribution < -0.4 is 5.73 Å². The van der Waals surface area contributed by atoms with Crippen LogP contribution in [0, 0.1) is 6.92 Å². The van der Waals surface area contributed by atoms with Crippen LogP contribution in [0.4, 0.5) is 0 Å². The van der Waals surface area contributed by atoms with Crippen molar-refractivity contribution in [3.05, 3.63) is 21.9 Å². The van der Waals surface area contributed by atoms with Crippen LogP contribution in [0.1, 0.15) is 41.4 Å². The smallest absolute Gasteiger partial charge is 0.180 e. The second-order valence-corrected chi connectivity index (χ2v) is 4.67. The second kappa shape index (κ2) is 5.27. The van der Waals surface area contributed by atoms with Crippen LogP contribution in [0.25, 0.3) is 0 Å². The van der Waals surface area contributed by atoms with Gasteiger partial charge in [0.2, 0.25) is 0 Å². The van der Waals surface area contributed by atoms with E-state index in [4.69, 9.17) is 5.73 Å². The first-order valence-corrected chi connectivity index (χ1v) is 5.88. The summed E-state index contributed by atoms with van der Waals surface area (Å²) in [6.07, 6.45) is 2.91. The maximum atomic E-state index is 11.7. The number of rotatable bonds is 5. The van der Waals surface area contributed by atoms with E-state index in [2.05, 4.69) is 6.92 Å². The lowest BCUT2D eigenvalue weighted by Crippen LogP contribution is -2.30. The molecule has 0 bridgehead atoms. The minimum atomic E-state index is -0.316. The summed E-state index contributed by atoms with van der Waals surface area (Å²) in [5.74, 6) is 0.0859. The molecule has 0 aliphatic carbocycles. The number of carbonyl (C=O) groups is 1. The number of nitrogens with two attached hydrogens (primary N) is 1. The molecule has 0 saturated heterocycles. The number of aryl methyl sites for hydroxylation is 1. The van der Waals surface area contributed by atoms with E-state index in [0.717, 1.165) is 29.7 Å². The highest BCUT2D eigenvalue weighted by Crippen LogP contribution is 2.15. The van der Waals surface area contributed by atoms with Gasteiger partial charge in [0.25, 0.3) is 0 Å². The third-order valence-electron chi connectivity index (χ3n) is 2.22. The van der Waals surface area contributed by atoms with Gasteiger partial charge in [0.1, 0.15) is 0 Å². The van der Waals surface area contributed by atoms with Gasteiger partial charge in [-0.1, -0.05) is 19.8 Å². The Hall–Kier alpha value is -0.670. The van der Waals surface area contributed by atoms with Crippen molar-refractivity contribution in [1.82, 2.24) is 0 Å². The fourth-order valence-electron chi connectivity index (χ4n) is 1.34. The van der Waals surface area contributed by atoms with E-state index >= 15 is 0 Å². The van der Waals surface area contributed by atoms with Gasteiger partial charge in [0.15, 0.2) is 5.78 Å². The predicted octanol–water partition coefficient (Wildman–Crippen LogP) is 2.76. The molecular weight excluding hydrogens is 194 g/mol. The molecule has 0 fully saturated rings. The summed E-state index contributed by atoms with van der Waals surface area (Å²) in [4.78, 5) is 12.9. The summed E-state index contributed by atoms with van der Waals surface area (Å²) in [5, 5.41) is 1.89. The maximum absolute atomic E-state index is 11.7. The molecule has 14 heavy (non-hydrogen) atoms. The Morgan fingerprint density at radius 3 is 2.86 bits per heavy atom. The molecule has 0 saturated carbocycles. The molecule has 0 radical (unpaired) electrons.